The van der Waals surface area contributed by atoms with E-state index in [1.807, 2.05) is 0 Å². The molecule has 2 aromatic rings. The van der Waals surface area contributed by atoms with Crippen molar-refractivity contribution in [2.75, 3.05) is 12.8 Å². The largest absolute Gasteiger partial charge is 0.342 e. The van der Waals surface area contributed by atoms with Gasteiger partial charge in [0, 0.05) is 18.7 Å². The van der Waals surface area contributed by atoms with E-state index in [0.29, 0.717) is 17.4 Å². The van der Waals surface area contributed by atoms with E-state index in [1.54, 1.807) is 30.5 Å². The Morgan fingerprint density at radius 2 is 1.86 bits per heavy atom. The van der Waals surface area contributed by atoms with Crippen LogP contribution in [-0.4, -0.2) is 31.2 Å². The molecular formula is C15H21N3O2S. The zero-order valence-corrected chi connectivity index (χ0v) is 13.3. The van der Waals surface area contributed by atoms with Crippen LogP contribution < -0.4 is 5.73 Å². The minimum absolute atomic E-state index is 0.189. The molecular weight excluding hydrogens is 286 g/mol. The van der Waals surface area contributed by atoms with Crippen molar-refractivity contribution in [2.45, 2.75) is 24.7 Å². The normalized spacial score (nSPS) is 13.6. The number of benzene rings is 1. The fourth-order valence-electron chi connectivity index (χ4n) is 2.25. The van der Waals surface area contributed by atoms with E-state index >= 15 is 0 Å². The number of nitrogens with zero attached hydrogens (tertiary/aromatic N) is 1. The molecule has 0 amide bonds. The second kappa shape index (κ2) is 5.99. The molecule has 1 heterocycles. The van der Waals surface area contributed by atoms with E-state index in [9.17, 15) is 8.42 Å². The van der Waals surface area contributed by atoms with Gasteiger partial charge in [-0.25, -0.2) is 13.4 Å². The second-order valence-corrected chi connectivity index (χ2v) is 7.58. The summed E-state index contributed by atoms with van der Waals surface area (Å²) in [6, 6.07) is 6.77. The summed E-state index contributed by atoms with van der Waals surface area (Å²) < 4.78 is 22.9. The first kappa shape index (κ1) is 15.7. The smallest absolute Gasteiger partial charge is 0.175 e. The maximum atomic E-state index is 11.5. The molecule has 0 fully saturated rings. The van der Waals surface area contributed by atoms with E-state index in [-0.39, 0.29) is 5.92 Å². The minimum atomic E-state index is -3.17. The van der Waals surface area contributed by atoms with Gasteiger partial charge in [0.05, 0.1) is 16.8 Å². The molecule has 0 saturated heterocycles. The summed E-state index contributed by atoms with van der Waals surface area (Å²) in [6.45, 7) is 4.76. The molecule has 5 nitrogen and oxygen atoms in total. The molecule has 1 unspecified atom stereocenters. The lowest BCUT2D eigenvalue weighted by Crippen LogP contribution is -2.19. The van der Waals surface area contributed by atoms with Crippen LogP contribution in [0.1, 0.15) is 25.6 Å². The predicted octanol–water partition coefficient (Wildman–Crippen LogP) is 2.18. The van der Waals surface area contributed by atoms with Crippen LogP contribution in [0.25, 0.3) is 11.3 Å². The third-order valence-corrected chi connectivity index (χ3v) is 4.73. The lowest BCUT2D eigenvalue weighted by atomic mass is 9.95. The number of rotatable bonds is 5. The van der Waals surface area contributed by atoms with E-state index in [0.717, 1.165) is 17.1 Å². The molecule has 1 atom stereocenters. The fraction of sp³-hybridized carbons (Fsp3) is 0.400. The summed E-state index contributed by atoms with van der Waals surface area (Å²) in [7, 11) is -3.17. The van der Waals surface area contributed by atoms with Gasteiger partial charge in [-0.15, -0.1) is 0 Å². The Kier molecular flexibility index (Phi) is 4.49. The van der Waals surface area contributed by atoms with Crippen LogP contribution in [0.3, 0.4) is 0 Å². The van der Waals surface area contributed by atoms with Crippen molar-refractivity contribution in [1.29, 1.82) is 0 Å². The fourth-order valence-corrected chi connectivity index (χ4v) is 2.88. The molecule has 0 aliphatic heterocycles. The van der Waals surface area contributed by atoms with Crippen LogP contribution >= 0.6 is 0 Å². The Balaban J connectivity index is 2.30. The molecule has 0 aliphatic carbocycles. The Bertz CT molecular complexity index is 703. The Morgan fingerprint density at radius 3 is 2.33 bits per heavy atom. The van der Waals surface area contributed by atoms with E-state index in [4.69, 9.17) is 5.73 Å². The summed E-state index contributed by atoms with van der Waals surface area (Å²) >= 11 is 0. The Morgan fingerprint density at radius 1 is 1.24 bits per heavy atom. The van der Waals surface area contributed by atoms with Gasteiger partial charge in [0.1, 0.15) is 5.82 Å². The maximum absolute atomic E-state index is 11.5. The minimum Gasteiger partial charge on any atom is -0.342 e. The van der Waals surface area contributed by atoms with Crippen molar-refractivity contribution >= 4 is 9.84 Å². The number of aromatic nitrogens is 2. The first-order valence-electron chi connectivity index (χ1n) is 6.88. The van der Waals surface area contributed by atoms with Crippen molar-refractivity contribution in [3.8, 4) is 11.3 Å². The van der Waals surface area contributed by atoms with E-state index in [1.165, 1.54) is 6.26 Å². The SMILES string of the molecule is CC(C)C(CN)c1ncc(-c2ccc(S(C)(=O)=O)cc2)[nH]1. The van der Waals surface area contributed by atoms with Gasteiger partial charge in [-0.3, -0.25) is 0 Å². The van der Waals surface area contributed by atoms with E-state index < -0.39 is 9.84 Å². The zero-order valence-electron chi connectivity index (χ0n) is 12.5. The Labute approximate surface area is 125 Å². The number of imidazole rings is 1. The summed E-state index contributed by atoms with van der Waals surface area (Å²) in [5.41, 5.74) is 7.56. The molecule has 0 spiro atoms. The number of H-pyrrole nitrogens is 1. The molecule has 0 bridgehead atoms. The zero-order chi connectivity index (χ0) is 15.6. The quantitative estimate of drug-likeness (QED) is 0.886. The number of hydrogen-bond donors (Lipinski definition) is 2. The van der Waals surface area contributed by atoms with Gasteiger partial charge in [-0.05, 0) is 23.6 Å². The van der Waals surface area contributed by atoms with Gasteiger partial charge in [0.15, 0.2) is 9.84 Å². The summed E-state index contributed by atoms with van der Waals surface area (Å²) in [5.74, 6) is 1.46. The van der Waals surface area contributed by atoms with Crippen molar-refractivity contribution in [1.82, 2.24) is 9.97 Å². The highest BCUT2D eigenvalue weighted by Gasteiger charge is 2.17. The Hall–Kier alpha value is -1.66. The lowest BCUT2D eigenvalue weighted by Gasteiger charge is -2.15. The van der Waals surface area contributed by atoms with Gasteiger partial charge in [0.2, 0.25) is 0 Å². The van der Waals surface area contributed by atoms with Gasteiger partial charge < -0.3 is 10.7 Å². The second-order valence-electron chi connectivity index (χ2n) is 5.56. The van der Waals surface area contributed by atoms with Crippen LogP contribution in [0.15, 0.2) is 35.4 Å². The molecule has 21 heavy (non-hydrogen) atoms. The first-order valence-corrected chi connectivity index (χ1v) is 8.77. The number of sulfone groups is 1. The summed E-state index contributed by atoms with van der Waals surface area (Å²) in [6.07, 6.45) is 2.96. The monoisotopic (exact) mass is 307 g/mol. The van der Waals surface area contributed by atoms with Crippen molar-refractivity contribution in [2.24, 2.45) is 11.7 Å². The average Bonchev–Trinajstić information content (AvgIpc) is 2.88. The third-order valence-electron chi connectivity index (χ3n) is 3.60. The summed E-state index contributed by atoms with van der Waals surface area (Å²) in [4.78, 5) is 7.99. The maximum Gasteiger partial charge on any atom is 0.175 e. The van der Waals surface area contributed by atoms with Crippen LogP contribution in [0.2, 0.25) is 0 Å². The molecule has 0 radical (unpaired) electrons. The highest BCUT2D eigenvalue weighted by molar-refractivity contribution is 7.90. The van der Waals surface area contributed by atoms with Gasteiger partial charge in [0.25, 0.3) is 0 Å². The van der Waals surface area contributed by atoms with Crippen molar-refractivity contribution in [3.05, 3.63) is 36.3 Å². The van der Waals surface area contributed by atoms with Gasteiger partial charge in [-0.1, -0.05) is 26.0 Å². The van der Waals surface area contributed by atoms with Crippen LogP contribution in [-0.2, 0) is 9.84 Å². The highest BCUT2D eigenvalue weighted by atomic mass is 32.2. The molecule has 2 rings (SSSR count). The summed E-state index contributed by atoms with van der Waals surface area (Å²) in [5, 5.41) is 0. The van der Waals surface area contributed by atoms with Crippen LogP contribution in [0.5, 0.6) is 0 Å². The van der Waals surface area contributed by atoms with Crippen LogP contribution in [0, 0.1) is 5.92 Å². The van der Waals surface area contributed by atoms with Crippen molar-refractivity contribution in [3.63, 3.8) is 0 Å². The molecule has 1 aromatic heterocycles. The molecule has 1 aromatic carbocycles. The topological polar surface area (TPSA) is 88.8 Å². The molecule has 0 saturated carbocycles. The lowest BCUT2D eigenvalue weighted by molar-refractivity contribution is 0.487. The third kappa shape index (κ3) is 3.51. The predicted molar refractivity (Wildman–Crippen MR) is 83.8 cm³/mol. The van der Waals surface area contributed by atoms with Gasteiger partial charge >= 0.3 is 0 Å². The number of nitrogens with one attached hydrogen (secondary N) is 1. The van der Waals surface area contributed by atoms with E-state index in [2.05, 4.69) is 23.8 Å². The number of hydrogen-bond acceptors (Lipinski definition) is 4. The number of nitrogens with two attached hydrogens (primary N) is 1. The standard InChI is InChI=1S/C15H21N3O2S/c1-10(2)13(8-16)15-17-9-14(18-15)11-4-6-12(7-5-11)21(3,19)20/h4-7,9-10,13H,8,16H2,1-3H3,(H,17,18). The molecule has 114 valence electrons. The molecule has 6 heteroatoms. The van der Waals surface area contributed by atoms with Crippen LogP contribution in [0.4, 0.5) is 0 Å². The van der Waals surface area contributed by atoms with Gasteiger partial charge in [-0.2, -0.15) is 0 Å². The average molecular weight is 307 g/mol. The van der Waals surface area contributed by atoms with Crippen molar-refractivity contribution < 1.29 is 8.42 Å². The molecule has 3 N–H and O–H groups in total. The highest BCUT2D eigenvalue weighted by Crippen LogP contribution is 2.25. The first-order chi connectivity index (χ1) is 9.82. The number of aromatic amines is 1. The molecule has 0 aliphatic rings.